The Morgan fingerprint density at radius 1 is 1.33 bits per heavy atom. The van der Waals surface area contributed by atoms with Crippen LogP contribution >= 0.6 is 0 Å². The van der Waals surface area contributed by atoms with Crippen molar-refractivity contribution in [1.82, 2.24) is 15.1 Å². The molecule has 1 N–H and O–H groups in total. The normalized spacial score (nSPS) is 26.1. The van der Waals surface area contributed by atoms with Gasteiger partial charge in [0, 0.05) is 38.8 Å². The van der Waals surface area contributed by atoms with Gasteiger partial charge < -0.3 is 4.90 Å². The highest BCUT2D eigenvalue weighted by Crippen LogP contribution is 2.19. The molecule has 0 aromatic heterocycles. The lowest BCUT2D eigenvalue weighted by molar-refractivity contribution is 0.148. The molecule has 0 amide bonds. The summed E-state index contributed by atoms with van der Waals surface area (Å²) in [5.41, 5.74) is 0. The van der Waals surface area contributed by atoms with Gasteiger partial charge in [0.15, 0.2) is 0 Å². The predicted octanol–water partition coefficient (Wildman–Crippen LogP) is -0.122. The molecule has 2 fully saturated rings. The van der Waals surface area contributed by atoms with Crippen molar-refractivity contribution in [3.05, 3.63) is 0 Å². The summed E-state index contributed by atoms with van der Waals surface area (Å²) in [4.78, 5) is 4.73. The molecule has 2 aliphatic rings. The van der Waals surface area contributed by atoms with Crippen molar-refractivity contribution in [3.63, 3.8) is 0 Å². The van der Waals surface area contributed by atoms with Crippen LogP contribution in [-0.2, 0) is 0 Å². The van der Waals surface area contributed by atoms with E-state index in [0.717, 1.165) is 32.7 Å². The molecule has 1 heterocycles. The van der Waals surface area contributed by atoms with E-state index < -0.39 is 0 Å². The maximum atomic E-state index is 9.04. The largest absolute Gasteiger partial charge is 0.304 e. The smallest absolute Gasteiger partial charge is 0.108 e. The van der Waals surface area contributed by atoms with E-state index in [4.69, 9.17) is 5.26 Å². The summed E-state index contributed by atoms with van der Waals surface area (Å²) in [6.45, 7) is 5.34. The van der Waals surface area contributed by atoms with E-state index in [2.05, 4.69) is 28.2 Å². The predicted molar refractivity (Wildman–Crippen MR) is 59.5 cm³/mol. The van der Waals surface area contributed by atoms with Gasteiger partial charge in [-0.25, -0.2) is 0 Å². The molecule has 0 bridgehead atoms. The number of rotatable bonds is 4. The van der Waals surface area contributed by atoms with Crippen LogP contribution in [0.2, 0.25) is 0 Å². The van der Waals surface area contributed by atoms with E-state index in [1.165, 1.54) is 12.8 Å². The molecule has 4 nitrogen and oxygen atoms in total. The van der Waals surface area contributed by atoms with Crippen molar-refractivity contribution in [2.75, 3.05) is 39.8 Å². The van der Waals surface area contributed by atoms with Gasteiger partial charge in [0.1, 0.15) is 6.04 Å². The maximum Gasteiger partial charge on any atom is 0.108 e. The molecule has 1 aliphatic carbocycles. The first-order chi connectivity index (χ1) is 7.28. The SMILES string of the molecule is CN1CCN(CC(C#N)NC2CC2)CC1. The molecule has 0 radical (unpaired) electrons. The average molecular weight is 208 g/mol. The fraction of sp³-hybridized carbons (Fsp3) is 0.909. The fourth-order valence-corrected chi connectivity index (χ4v) is 1.95. The highest BCUT2D eigenvalue weighted by molar-refractivity contribution is 4.97. The molecule has 2 rings (SSSR count). The van der Waals surface area contributed by atoms with Crippen LogP contribution in [0.25, 0.3) is 0 Å². The Morgan fingerprint density at radius 3 is 2.53 bits per heavy atom. The molecule has 0 aromatic carbocycles. The Morgan fingerprint density at radius 2 is 2.00 bits per heavy atom. The molecule has 1 saturated carbocycles. The van der Waals surface area contributed by atoms with Crippen LogP contribution < -0.4 is 5.32 Å². The Labute approximate surface area is 91.8 Å². The van der Waals surface area contributed by atoms with Gasteiger partial charge in [-0.05, 0) is 19.9 Å². The maximum absolute atomic E-state index is 9.04. The number of nitrogens with zero attached hydrogens (tertiary/aromatic N) is 3. The third-order valence-corrected chi connectivity index (χ3v) is 3.21. The third-order valence-electron chi connectivity index (χ3n) is 3.21. The summed E-state index contributed by atoms with van der Waals surface area (Å²) in [5.74, 6) is 0. The number of piperazine rings is 1. The van der Waals surface area contributed by atoms with Crippen molar-refractivity contribution < 1.29 is 0 Å². The van der Waals surface area contributed by atoms with Gasteiger partial charge in [-0.15, -0.1) is 0 Å². The Kier molecular flexibility index (Phi) is 3.57. The van der Waals surface area contributed by atoms with Gasteiger partial charge in [0.2, 0.25) is 0 Å². The van der Waals surface area contributed by atoms with Crippen LogP contribution in [-0.4, -0.2) is 61.7 Å². The lowest BCUT2D eigenvalue weighted by Crippen LogP contribution is -2.49. The molecule has 84 valence electrons. The Hall–Kier alpha value is -0.630. The highest BCUT2D eigenvalue weighted by Gasteiger charge is 2.26. The lowest BCUT2D eigenvalue weighted by Gasteiger charge is -2.33. The van der Waals surface area contributed by atoms with Crippen LogP contribution in [0.15, 0.2) is 0 Å². The molecule has 1 unspecified atom stereocenters. The van der Waals surface area contributed by atoms with E-state index >= 15 is 0 Å². The number of likely N-dealkylation sites (N-methyl/N-ethyl adjacent to an activating group) is 1. The highest BCUT2D eigenvalue weighted by atomic mass is 15.3. The Bertz CT molecular complexity index is 235. The Balaban J connectivity index is 1.71. The van der Waals surface area contributed by atoms with Crippen molar-refractivity contribution in [2.45, 2.75) is 24.9 Å². The summed E-state index contributed by atoms with van der Waals surface area (Å²) >= 11 is 0. The molecule has 4 heteroatoms. The van der Waals surface area contributed by atoms with Gasteiger partial charge in [-0.2, -0.15) is 5.26 Å². The first kappa shape index (κ1) is 10.9. The number of hydrogen-bond donors (Lipinski definition) is 1. The molecule has 0 aromatic rings. The number of nitrogens with one attached hydrogen (secondary N) is 1. The quantitative estimate of drug-likeness (QED) is 0.699. The minimum absolute atomic E-state index is 0.0286. The van der Waals surface area contributed by atoms with E-state index in [0.29, 0.717) is 6.04 Å². The monoisotopic (exact) mass is 208 g/mol. The molecule has 1 aliphatic heterocycles. The average Bonchev–Trinajstić information content (AvgIpc) is 3.04. The summed E-state index contributed by atoms with van der Waals surface area (Å²) < 4.78 is 0. The standard InChI is InChI=1S/C11H20N4/c1-14-4-6-15(7-5-14)9-11(8-12)13-10-2-3-10/h10-11,13H,2-7,9H2,1H3. The minimum atomic E-state index is 0.0286. The number of hydrogen-bond acceptors (Lipinski definition) is 4. The molecule has 1 atom stereocenters. The second-order valence-corrected chi connectivity index (χ2v) is 4.73. The van der Waals surface area contributed by atoms with Crippen molar-refractivity contribution in [2.24, 2.45) is 0 Å². The molecule has 1 saturated heterocycles. The first-order valence-corrected chi connectivity index (χ1v) is 5.84. The molecule has 15 heavy (non-hydrogen) atoms. The number of nitriles is 1. The van der Waals surface area contributed by atoms with Crippen molar-refractivity contribution in [3.8, 4) is 6.07 Å². The van der Waals surface area contributed by atoms with Gasteiger partial charge in [-0.1, -0.05) is 0 Å². The molecule has 0 spiro atoms. The second kappa shape index (κ2) is 4.93. The van der Waals surface area contributed by atoms with E-state index in [9.17, 15) is 0 Å². The summed E-state index contributed by atoms with van der Waals surface area (Å²) in [6.07, 6.45) is 2.50. The zero-order chi connectivity index (χ0) is 10.7. The zero-order valence-corrected chi connectivity index (χ0v) is 9.45. The van der Waals surface area contributed by atoms with E-state index in [1.807, 2.05) is 0 Å². The van der Waals surface area contributed by atoms with Crippen molar-refractivity contribution >= 4 is 0 Å². The topological polar surface area (TPSA) is 42.3 Å². The van der Waals surface area contributed by atoms with Crippen LogP contribution in [0.5, 0.6) is 0 Å². The van der Waals surface area contributed by atoms with Gasteiger partial charge in [0.25, 0.3) is 0 Å². The summed E-state index contributed by atoms with van der Waals surface area (Å²) in [5, 5.41) is 12.4. The lowest BCUT2D eigenvalue weighted by atomic mass is 10.2. The summed E-state index contributed by atoms with van der Waals surface area (Å²) in [6, 6.07) is 3.02. The van der Waals surface area contributed by atoms with Crippen LogP contribution in [0.1, 0.15) is 12.8 Å². The molecular formula is C11H20N4. The molecular weight excluding hydrogens is 188 g/mol. The zero-order valence-electron chi connectivity index (χ0n) is 9.45. The van der Waals surface area contributed by atoms with Crippen molar-refractivity contribution in [1.29, 1.82) is 5.26 Å². The van der Waals surface area contributed by atoms with E-state index in [-0.39, 0.29) is 6.04 Å². The fourth-order valence-electron chi connectivity index (χ4n) is 1.95. The van der Waals surface area contributed by atoms with Crippen LogP contribution in [0, 0.1) is 11.3 Å². The van der Waals surface area contributed by atoms with Gasteiger partial charge in [-0.3, -0.25) is 10.2 Å². The third kappa shape index (κ3) is 3.45. The van der Waals surface area contributed by atoms with Gasteiger partial charge in [0.05, 0.1) is 6.07 Å². The minimum Gasteiger partial charge on any atom is -0.304 e. The first-order valence-electron chi connectivity index (χ1n) is 5.84. The summed E-state index contributed by atoms with van der Waals surface area (Å²) in [7, 11) is 2.15. The van der Waals surface area contributed by atoms with Crippen LogP contribution in [0.4, 0.5) is 0 Å². The second-order valence-electron chi connectivity index (χ2n) is 4.73. The van der Waals surface area contributed by atoms with E-state index in [1.54, 1.807) is 0 Å². The van der Waals surface area contributed by atoms with Gasteiger partial charge >= 0.3 is 0 Å². The van der Waals surface area contributed by atoms with Crippen LogP contribution in [0.3, 0.4) is 0 Å².